The van der Waals surface area contributed by atoms with Gasteiger partial charge >= 0.3 is 6.18 Å². The minimum Gasteiger partial charge on any atom is -0.483 e. The quantitative estimate of drug-likeness (QED) is 0.633. The van der Waals surface area contributed by atoms with Crippen LogP contribution in [0.3, 0.4) is 0 Å². The Balaban J connectivity index is 1.51. The van der Waals surface area contributed by atoms with Crippen molar-refractivity contribution in [2.75, 3.05) is 18.1 Å². The van der Waals surface area contributed by atoms with E-state index in [2.05, 4.69) is 9.72 Å². The number of hydrogen-bond acceptors (Lipinski definition) is 4. The van der Waals surface area contributed by atoms with Gasteiger partial charge in [0.2, 0.25) is 5.91 Å². The molecule has 2 heterocycles. The van der Waals surface area contributed by atoms with Gasteiger partial charge in [0.15, 0.2) is 6.61 Å². The molecule has 1 amide bonds. The highest BCUT2D eigenvalue weighted by molar-refractivity contribution is 5.95. The van der Waals surface area contributed by atoms with Crippen LogP contribution in [0.5, 0.6) is 5.75 Å². The van der Waals surface area contributed by atoms with Crippen molar-refractivity contribution in [3.63, 3.8) is 0 Å². The third-order valence-corrected chi connectivity index (χ3v) is 4.92. The molecule has 1 saturated heterocycles. The molecule has 8 heteroatoms. The lowest BCUT2D eigenvalue weighted by atomic mass is 9.96. The van der Waals surface area contributed by atoms with E-state index in [0.29, 0.717) is 12.1 Å². The van der Waals surface area contributed by atoms with Crippen LogP contribution in [0.2, 0.25) is 0 Å². The molecule has 5 nitrogen and oxygen atoms in total. The Morgan fingerprint density at radius 1 is 1.20 bits per heavy atom. The summed E-state index contributed by atoms with van der Waals surface area (Å²) in [5.41, 5.74) is 2.33. The number of benzene rings is 1. The molecule has 1 atom stereocenters. The van der Waals surface area contributed by atoms with Gasteiger partial charge in [-0.2, -0.15) is 13.2 Å². The van der Waals surface area contributed by atoms with Crippen LogP contribution < -0.4 is 9.64 Å². The Hall–Kier alpha value is -2.90. The number of carbonyl (C=O) groups excluding carboxylic acids is 2. The molecule has 160 valence electrons. The van der Waals surface area contributed by atoms with Crippen LogP contribution in [0.15, 0.2) is 42.6 Å². The van der Waals surface area contributed by atoms with E-state index in [9.17, 15) is 22.8 Å². The minimum absolute atomic E-state index is 0.0335. The van der Waals surface area contributed by atoms with Crippen molar-refractivity contribution in [1.29, 1.82) is 0 Å². The maximum atomic E-state index is 12.4. The predicted octanol–water partition coefficient (Wildman–Crippen LogP) is 4.45. The monoisotopic (exact) mass is 420 g/mol. The fourth-order valence-corrected chi connectivity index (χ4v) is 3.39. The third kappa shape index (κ3) is 6.05. The van der Waals surface area contributed by atoms with E-state index in [4.69, 9.17) is 0 Å². The van der Waals surface area contributed by atoms with Crippen molar-refractivity contribution in [1.82, 2.24) is 4.98 Å². The molecular weight excluding hydrogens is 397 g/mol. The van der Waals surface area contributed by atoms with Gasteiger partial charge in [0.25, 0.3) is 0 Å². The fraction of sp³-hybridized carbons (Fsp3) is 0.409. The van der Waals surface area contributed by atoms with Crippen molar-refractivity contribution >= 4 is 17.4 Å². The summed E-state index contributed by atoms with van der Waals surface area (Å²) >= 11 is 0. The molecule has 0 spiro atoms. The second kappa shape index (κ2) is 9.28. The summed E-state index contributed by atoms with van der Waals surface area (Å²) < 4.78 is 41.2. The number of aromatic nitrogens is 1. The van der Waals surface area contributed by atoms with Gasteiger partial charge in [0.1, 0.15) is 11.5 Å². The number of ether oxygens (including phenoxy) is 1. The molecule has 0 bridgehead atoms. The van der Waals surface area contributed by atoms with Gasteiger partial charge in [0.05, 0.1) is 6.20 Å². The lowest BCUT2D eigenvalue weighted by Gasteiger charge is -2.16. The van der Waals surface area contributed by atoms with Crippen LogP contribution >= 0.6 is 0 Å². The van der Waals surface area contributed by atoms with E-state index in [0.717, 1.165) is 24.2 Å². The van der Waals surface area contributed by atoms with Gasteiger partial charge in [-0.15, -0.1) is 0 Å². The molecule has 1 aliphatic heterocycles. The molecular formula is C22H23F3N2O3. The highest BCUT2D eigenvalue weighted by Crippen LogP contribution is 2.24. The van der Waals surface area contributed by atoms with E-state index >= 15 is 0 Å². The van der Waals surface area contributed by atoms with Gasteiger partial charge in [-0.1, -0.05) is 19.1 Å². The van der Waals surface area contributed by atoms with Gasteiger partial charge in [-0.05, 0) is 36.2 Å². The average molecular weight is 420 g/mol. The summed E-state index contributed by atoms with van der Waals surface area (Å²) in [6.07, 6.45) is -1.20. The number of carbonyl (C=O) groups is 2. The highest BCUT2D eigenvalue weighted by atomic mass is 19.4. The average Bonchev–Trinajstić information content (AvgIpc) is 3.12. The zero-order valence-corrected chi connectivity index (χ0v) is 16.6. The molecule has 3 rings (SSSR count). The summed E-state index contributed by atoms with van der Waals surface area (Å²) in [7, 11) is 0. The Kier molecular flexibility index (Phi) is 6.74. The first kappa shape index (κ1) is 21.8. The van der Waals surface area contributed by atoms with Crippen LogP contribution in [0.25, 0.3) is 0 Å². The van der Waals surface area contributed by atoms with Gasteiger partial charge < -0.3 is 9.64 Å². The van der Waals surface area contributed by atoms with Crippen molar-refractivity contribution in [3.8, 4) is 5.75 Å². The summed E-state index contributed by atoms with van der Waals surface area (Å²) in [5, 5.41) is 0. The van der Waals surface area contributed by atoms with Gasteiger partial charge in [-0.3, -0.25) is 14.6 Å². The van der Waals surface area contributed by atoms with Crippen LogP contribution in [0.1, 0.15) is 43.4 Å². The molecule has 0 saturated carbocycles. The smallest absolute Gasteiger partial charge is 0.422 e. The lowest BCUT2D eigenvalue weighted by molar-refractivity contribution is -0.153. The second-order valence-electron chi connectivity index (χ2n) is 7.46. The number of anilines is 1. The standard InChI is InChI=1S/C22H23F3N2O3/c1-15(20-9-8-19(13-26-20)30-14-22(23,24)25)11-18(28)12-16-4-6-17(7-5-16)27-10-2-3-21(27)29/h4-9,13,15H,2-3,10-12,14H2,1H3/t15-/m0/s1. The number of ketones is 1. The van der Waals surface area contributed by atoms with Crippen molar-refractivity contribution < 1.29 is 27.5 Å². The van der Waals surface area contributed by atoms with E-state index in [1.165, 1.54) is 12.3 Å². The first-order valence-corrected chi connectivity index (χ1v) is 9.78. The molecule has 0 aliphatic carbocycles. The van der Waals surface area contributed by atoms with E-state index < -0.39 is 12.8 Å². The van der Waals surface area contributed by atoms with Crippen LogP contribution in [0, 0.1) is 0 Å². The molecule has 0 N–H and O–H groups in total. The number of alkyl halides is 3. The number of halogens is 3. The Bertz CT molecular complexity index is 880. The molecule has 1 fully saturated rings. The zero-order chi connectivity index (χ0) is 21.7. The molecule has 1 aromatic carbocycles. The fourth-order valence-electron chi connectivity index (χ4n) is 3.39. The number of nitrogens with zero attached hydrogens (tertiary/aromatic N) is 2. The predicted molar refractivity (Wildman–Crippen MR) is 106 cm³/mol. The van der Waals surface area contributed by atoms with Crippen LogP contribution in [-0.2, 0) is 16.0 Å². The van der Waals surface area contributed by atoms with Crippen molar-refractivity contribution in [3.05, 3.63) is 53.9 Å². The zero-order valence-electron chi connectivity index (χ0n) is 16.6. The minimum atomic E-state index is -4.40. The first-order chi connectivity index (χ1) is 14.2. The summed E-state index contributed by atoms with van der Waals surface area (Å²) in [6, 6.07) is 10.4. The second-order valence-corrected chi connectivity index (χ2v) is 7.46. The maximum Gasteiger partial charge on any atom is 0.422 e. The molecule has 30 heavy (non-hydrogen) atoms. The molecule has 1 aromatic heterocycles. The maximum absolute atomic E-state index is 12.4. The van der Waals surface area contributed by atoms with E-state index in [-0.39, 0.29) is 36.2 Å². The lowest BCUT2D eigenvalue weighted by Crippen LogP contribution is -2.23. The highest BCUT2D eigenvalue weighted by Gasteiger charge is 2.28. The normalized spacial score (nSPS) is 15.3. The Labute approximate surface area is 172 Å². The first-order valence-electron chi connectivity index (χ1n) is 9.78. The molecule has 0 unspecified atom stereocenters. The topological polar surface area (TPSA) is 59.5 Å². The largest absolute Gasteiger partial charge is 0.483 e. The summed E-state index contributed by atoms with van der Waals surface area (Å²) in [5.74, 6) is 0.0171. The van der Waals surface area contributed by atoms with Crippen molar-refractivity contribution in [2.45, 2.75) is 44.7 Å². The molecule has 0 radical (unpaired) electrons. The van der Waals surface area contributed by atoms with E-state index in [1.54, 1.807) is 11.0 Å². The summed E-state index contributed by atoms with van der Waals surface area (Å²) in [4.78, 5) is 30.1. The van der Waals surface area contributed by atoms with Crippen LogP contribution in [0.4, 0.5) is 18.9 Å². The number of amides is 1. The van der Waals surface area contributed by atoms with Crippen molar-refractivity contribution in [2.24, 2.45) is 0 Å². The Morgan fingerprint density at radius 2 is 1.93 bits per heavy atom. The SMILES string of the molecule is C[C@@H](CC(=O)Cc1ccc(N2CCCC2=O)cc1)c1ccc(OCC(F)(F)F)cn1. The molecule has 2 aromatic rings. The number of hydrogen-bond donors (Lipinski definition) is 0. The van der Waals surface area contributed by atoms with Gasteiger partial charge in [-0.25, -0.2) is 0 Å². The van der Waals surface area contributed by atoms with E-state index in [1.807, 2.05) is 31.2 Å². The number of rotatable bonds is 8. The van der Waals surface area contributed by atoms with Crippen LogP contribution in [-0.4, -0.2) is 36.0 Å². The van der Waals surface area contributed by atoms with Gasteiger partial charge in [0, 0.05) is 43.1 Å². The Morgan fingerprint density at radius 3 is 2.50 bits per heavy atom. The summed E-state index contributed by atoms with van der Waals surface area (Å²) in [6.45, 7) is 1.20. The molecule has 1 aliphatic rings. The number of Topliss-reactive ketones (excluding diaryl/α,β-unsaturated/α-hetero) is 1. The third-order valence-electron chi connectivity index (χ3n) is 4.92. The number of pyridine rings is 1.